The van der Waals surface area contributed by atoms with E-state index in [0.717, 1.165) is 0 Å². The highest BCUT2D eigenvalue weighted by atomic mass is 35.5. The van der Waals surface area contributed by atoms with Crippen molar-refractivity contribution in [2.24, 2.45) is 0 Å². The molecular formula is C11H10ClNO4. The number of anilines is 1. The second kappa shape index (κ2) is 4.25. The van der Waals surface area contributed by atoms with Crippen molar-refractivity contribution in [3.63, 3.8) is 0 Å². The fourth-order valence-corrected chi connectivity index (χ4v) is 2.08. The number of hydrogen-bond donors (Lipinski definition) is 2. The van der Waals surface area contributed by atoms with Crippen LogP contribution < -0.4 is 10.1 Å². The van der Waals surface area contributed by atoms with Crippen LogP contribution in [-0.2, 0) is 11.2 Å². The summed E-state index contributed by atoms with van der Waals surface area (Å²) in [6.45, 7) is 1.76. The molecule has 0 bridgehead atoms. The number of carbonyl (C=O) groups is 2. The summed E-state index contributed by atoms with van der Waals surface area (Å²) >= 11 is 5.97. The van der Waals surface area contributed by atoms with Gasteiger partial charge in [0.25, 0.3) is 0 Å². The van der Waals surface area contributed by atoms with Gasteiger partial charge in [-0.05, 0) is 6.07 Å². The summed E-state index contributed by atoms with van der Waals surface area (Å²) in [5.41, 5.74) is 1.11. The first-order valence-electron chi connectivity index (χ1n) is 4.99. The van der Waals surface area contributed by atoms with E-state index >= 15 is 0 Å². The quantitative estimate of drug-likeness (QED) is 0.847. The van der Waals surface area contributed by atoms with E-state index in [1.54, 1.807) is 0 Å². The van der Waals surface area contributed by atoms with Crippen molar-refractivity contribution in [3.05, 3.63) is 22.2 Å². The molecule has 1 heterocycles. The third-order valence-electron chi connectivity index (χ3n) is 2.46. The number of carbonyl (C=O) groups excluding carboxylic acids is 1. The maximum absolute atomic E-state index is 11.1. The van der Waals surface area contributed by atoms with Crippen LogP contribution >= 0.6 is 11.6 Å². The largest absolute Gasteiger partial charge is 0.492 e. The zero-order valence-corrected chi connectivity index (χ0v) is 9.80. The van der Waals surface area contributed by atoms with Gasteiger partial charge in [-0.1, -0.05) is 11.6 Å². The van der Waals surface area contributed by atoms with Gasteiger partial charge in [-0.2, -0.15) is 0 Å². The number of hydrogen-bond acceptors (Lipinski definition) is 3. The van der Waals surface area contributed by atoms with Crippen LogP contribution in [0.5, 0.6) is 5.75 Å². The Balaban J connectivity index is 2.60. The molecule has 0 saturated carbocycles. The fraction of sp³-hybridized carbons (Fsp3) is 0.273. The number of benzene rings is 1. The third-order valence-corrected chi connectivity index (χ3v) is 2.76. The predicted octanol–water partition coefficient (Wildman–Crippen LogP) is 1.93. The maximum atomic E-state index is 11.1. The number of rotatable bonds is 2. The first-order valence-corrected chi connectivity index (χ1v) is 5.37. The number of fused-ring (bicyclic) bond motifs is 1. The van der Waals surface area contributed by atoms with E-state index < -0.39 is 5.97 Å². The van der Waals surface area contributed by atoms with E-state index in [-0.39, 0.29) is 16.5 Å². The smallest absolute Gasteiger partial charge is 0.339 e. The summed E-state index contributed by atoms with van der Waals surface area (Å²) in [4.78, 5) is 22.1. The van der Waals surface area contributed by atoms with Gasteiger partial charge in [-0.25, -0.2) is 4.79 Å². The van der Waals surface area contributed by atoms with Crippen molar-refractivity contribution in [1.29, 1.82) is 0 Å². The molecule has 2 rings (SSSR count). The van der Waals surface area contributed by atoms with Crippen LogP contribution in [0.25, 0.3) is 0 Å². The first kappa shape index (κ1) is 11.7. The molecule has 17 heavy (non-hydrogen) atoms. The monoisotopic (exact) mass is 255 g/mol. The molecule has 2 N–H and O–H groups in total. The first-order chi connectivity index (χ1) is 8.00. The Kier molecular flexibility index (Phi) is 2.93. The van der Waals surface area contributed by atoms with Gasteiger partial charge in [0, 0.05) is 18.9 Å². The van der Waals surface area contributed by atoms with Crippen LogP contribution in [0, 0.1) is 0 Å². The molecule has 0 unspecified atom stereocenters. The Bertz CT molecular complexity index is 513. The number of amides is 1. The summed E-state index contributed by atoms with van der Waals surface area (Å²) < 4.78 is 5.28. The maximum Gasteiger partial charge on any atom is 0.339 e. The van der Waals surface area contributed by atoms with Crippen LogP contribution in [-0.4, -0.2) is 23.6 Å². The van der Waals surface area contributed by atoms with E-state index in [0.29, 0.717) is 30.0 Å². The molecule has 0 spiro atoms. The lowest BCUT2D eigenvalue weighted by Gasteiger charge is -2.12. The van der Waals surface area contributed by atoms with Crippen LogP contribution in [0.2, 0.25) is 5.02 Å². The second-order valence-corrected chi connectivity index (χ2v) is 4.08. The van der Waals surface area contributed by atoms with E-state index in [9.17, 15) is 9.59 Å². The Morgan fingerprint density at radius 1 is 1.53 bits per heavy atom. The van der Waals surface area contributed by atoms with Crippen LogP contribution in [0.15, 0.2) is 6.07 Å². The number of carboxylic acid groups (broad SMARTS) is 1. The summed E-state index contributed by atoms with van der Waals surface area (Å²) in [5, 5.41) is 11.8. The molecular weight excluding hydrogens is 246 g/mol. The highest BCUT2D eigenvalue weighted by molar-refractivity contribution is 6.34. The zero-order valence-electron chi connectivity index (χ0n) is 9.04. The van der Waals surface area contributed by atoms with Gasteiger partial charge in [-0.15, -0.1) is 0 Å². The summed E-state index contributed by atoms with van der Waals surface area (Å²) in [5.74, 6) is -1.06. The summed E-state index contributed by atoms with van der Waals surface area (Å²) in [6, 6.07) is 1.29. The molecule has 1 aromatic rings. The number of ether oxygens (including phenoxy) is 1. The molecule has 5 nitrogen and oxygen atoms in total. The SMILES string of the molecule is CC(=O)Nc1c(Cl)cc(C(=O)O)c2c1CCO2. The average Bonchev–Trinajstić information content (AvgIpc) is 2.69. The highest BCUT2D eigenvalue weighted by Crippen LogP contribution is 2.40. The minimum absolute atomic E-state index is 0.0246. The second-order valence-electron chi connectivity index (χ2n) is 3.67. The minimum atomic E-state index is -1.10. The normalized spacial score (nSPS) is 12.8. The van der Waals surface area contributed by atoms with Crippen molar-refractivity contribution in [3.8, 4) is 5.75 Å². The van der Waals surface area contributed by atoms with E-state index in [2.05, 4.69) is 5.32 Å². The zero-order chi connectivity index (χ0) is 12.6. The van der Waals surface area contributed by atoms with Crippen LogP contribution in [0.3, 0.4) is 0 Å². The van der Waals surface area contributed by atoms with Gasteiger partial charge in [0.1, 0.15) is 11.3 Å². The Hall–Kier alpha value is -1.75. The van der Waals surface area contributed by atoms with E-state index in [1.807, 2.05) is 0 Å². The van der Waals surface area contributed by atoms with E-state index in [1.165, 1.54) is 13.0 Å². The lowest BCUT2D eigenvalue weighted by Crippen LogP contribution is -2.09. The minimum Gasteiger partial charge on any atom is -0.492 e. The molecule has 6 heteroatoms. The molecule has 0 fully saturated rings. The molecule has 1 aromatic carbocycles. The topological polar surface area (TPSA) is 75.6 Å². The number of nitrogens with one attached hydrogen (secondary N) is 1. The van der Waals surface area contributed by atoms with Gasteiger partial charge < -0.3 is 15.2 Å². The van der Waals surface area contributed by atoms with Crippen molar-refractivity contribution < 1.29 is 19.4 Å². The predicted molar refractivity (Wildman–Crippen MR) is 61.9 cm³/mol. The van der Waals surface area contributed by atoms with Crippen molar-refractivity contribution in [2.75, 3.05) is 11.9 Å². The van der Waals surface area contributed by atoms with E-state index in [4.69, 9.17) is 21.4 Å². The summed E-state index contributed by atoms with van der Waals surface area (Å²) in [6.07, 6.45) is 0.534. The van der Waals surface area contributed by atoms with Gasteiger partial charge in [0.05, 0.1) is 17.3 Å². The molecule has 0 aliphatic carbocycles. The fourth-order valence-electron chi connectivity index (χ4n) is 1.81. The standard InChI is InChI=1S/C11H10ClNO4/c1-5(14)13-9-6-2-3-17-10(6)7(11(15)16)4-8(9)12/h4H,2-3H2,1H3,(H,13,14)(H,15,16). The van der Waals surface area contributed by atoms with Crippen molar-refractivity contribution in [1.82, 2.24) is 0 Å². The molecule has 0 aromatic heterocycles. The molecule has 1 amide bonds. The van der Waals surface area contributed by atoms with Crippen LogP contribution in [0.4, 0.5) is 5.69 Å². The Labute approximate surface area is 102 Å². The average molecular weight is 256 g/mol. The lowest BCUT2D eigenvalue weighted by molar-refractivity contribution is -0.114. The lowest BCUT2D eigenvalue weighted by atomic mass is 10.1. The van der Waals surface area contributed by atoms with Gasteiger partial charge >= 0.3 is 5.97 Å². The van der Waals surface area contributed by atoms with Crippen LogP contribution in [0.1, 0.15) is 22.8 Å². The van der Waals surface area contributed by atoms with Gasteiger partial charge in [-0.3, -0.25) is 4.79 Å². The number of aromatic carboxylic acids is 1. The molecule has 0 radical (unpaired) electrons. The van der Waals surface area contributed by atoms with Crippen molar-refractivity contribution in [2.45, 2.75) is 13.3 Å². The Morgan fingerprint density at radius 3 is 2.82 bits per heavy atom. The molecule has 1 aliphatic heterocycles. The molecule has 0 atom stereocenters. The molecule has 90 valence electrons. The van der Waals surface area contributed by atoms with Gasteiger partial charge in [0.2, 0.25) is 5.91 Å². The number of carboxylic acids is 1. The van der Waals surface area contributed by atoms with Crippen molar-refractivity contribution >= 4 is 29.2 Å². The molecule has 1 aliphatic rings. The summed E-state index contributed by atoms with van der Waals surface area (Å²) in [7, 11) is 0. The number of halogens is 1. The molecule has 0 saturated heterocycles. The Morgan fingerprint density at radius 2 is 2.24 bits per heavy atom. The highest BCUT2D eigenvalue weighted by Gasteiger charge is 2.26. The van der Waals surface area contributed by atoms with Gasteiger partial charge in [0.15, 0.2) is 0 Å². The third kappa shape index (κ3) is 2.06.